The smallest absolute Gasteiger partial charge is 0.118 e. The molecule has 0 spiro atoms. The van der Waals surface area contributed by atoms with Gasteiger partial charge in [0, 0.05) is 6.04 Å². The monoisotopic (exact) mass is 291 g/mol. The summed E-state index contributed by atoms with van der Waals surface area (Å²) in [5, 5.41) is 3.61. The Kier molecular flexibility index (Phi) is 9.98. The van der Waals surface area contributed by atoms with Crippen LogP contribution in [0.4, 0.5) is 0 Å². The highest BCUT2D eigenvalue weighted by atomic mass is 16.5. The lowest BCUT2D eigenvalue weighted by molar-refractivity contribution is 0.414. The zero-order chi connectivity index (χ0) is 15.3. The molecule has 0 amide bonds. The minimum Gasteiger partial charge on any atom is -0.497 e. The number of unbranched alkanes of at least 4 members (excludes halogenated alkanes) is 7. The summed E-state index contributed by atoms with van der Waals surface area (Å²) in [6.45, 7) is 5.62. The van der Waals surface area contributed by atoms with E-state index < -0.39 is 0 Å². The van der Waals surface area contributed by atoms with Crippen molar-refractivity contribution in [1.29, 1.82) is 0 Å². The van der Waals surface area contributed by atoms with Crippen molar-refractivity contribution in [3.8, 4) is 5.75 Å². The molecule has 0 aliphatic rings. The molecule has 2 nitrogen and oxygen atoms in total. The number of hydrogen-bond donors (Lipinski definition) is 1. The first-order valence-electron chi connectivity index (χ1n) is 8.65. The van der Waals surface area contributed by atoms with Gasteiger partial charge in [0.25, 0.3) is 0 Å². The summed E-state index contributed by atoms with van der Waals surface area (Å²) >= 11 is 0. The van der Waals surface area contributed by atoms with E-state index in [2.05, 4.69) is 31.3 Å². The van der Waals surface area contributed by atoms with Crippen LogP contribution in [0.25, 0.3) is 0 Å². The van der Waals surface area contributed by atoms with Gasteiger partial charge in [0.05, 0.1) is 7.11 Å². The summed E-state index contributed by atoms with van der Waals surface area (Å²) in [5.41, 5.74) is 1.33. The van der Waals surface area contributed by atoms with E-state index in [1.54, 1.807) is 7.11 Å². The van der Waals surface area contributed by atoms with Gasteiger partial charge in [-0.25, -0.2) is 0 Å². The van der Waals surface area contributed by atoms with Crippen molar-refractivity contribution < 1.29 is 4.74 Å². The number of hydrogen-bond acceptors (Lipinski definition) is 2. The largest absolute Gasteiger partial charge is 0.497 e. The van der Waals surface area contributed by atoms with Crippen molar-refractivity contribution in [3.05, 3.63) is 29.8 Å². The molecule has 0 heterocycles. The fourth-order valence-electron chi connectivity index (χ4n) is 2.59. The number of nitrogens with one attached hydrogen (secondary N) is 1. The first-order valence-corrected chi connectivity index (χ1v) is 8.65. The van der Waals surface area contributed by atoms with Gasteiger partial charge in [-0.05, 0) is 37.6 Å². The van der Waals surface area contributed by atoms with Gasteiger partial charge in [-0.15, -0.1) is 0 Å². The molecule has 0 saturated carbocycles. The summed E-state index contributed by atoms with van der Waals surface area (Å²) in [7, 11) is 1.71. The third-order valence-corrected chi connectivity index (χ3v) is 4.10. The van der Waals surface area contributed by atoms with Crippen LogP contribution in [-0.4, -0.2) is 13.7 Å². The third kappa shape index (κ3) is 8.11. The van der Waals surface area contributed by atoms with Crippen LogP contribution in [0.3, 0.4) is 0 Å². The molecule has 2 heteroatoms. The minimum absolute atomic E-state index is 0.417. The predicted molar refractivity (Wildman–Crippen MR) is 92.0 cm³/mol. The molecular formula is C19H33NO. The molecule has 0 bridgehead atoms. The fraction of sp³-hybridized carbons (Fsp3) is 0.684. The lowest BCUT2D eigenvalue weighted by Gasteiger charge is -2.14. The molecular weight excluding hydrogens is 258 g/mol. The molecule has 21 heavy (non-hydrogen) atoms. The molecule has 0 aliphatic heterocycles. The van der Waals surface area contributed by atoms with Crippen molar-refractivity contribution in [1.82, 2.24) is 5.32 Å². The Hall–Kier alpha value is -1.02. The van der Waals surface area contributed by atoms with E-state index in [1.165, 1.54) is 56.9 Å². The van der Waals surface area contributed by atoms with Crippen LogP contribution >= 0.6 is 0 Å². The molecule has 1 atom stereocenters. The van der Waals surface area contributed by atoms with Crippen LogP contribution in [0, 0.1) is 0 Å². The van der Waals surface area contributed by atoms with Gasteiger partial charge in [-0.1, -0.05) is 64.0 Å². The third-order valence-electron chi connectivity index (χ3n) is 4.10. The van der Waals surface area contributed by atoms with E-state index in [0.717, 1.165) is 12.3 Å². The Morgan fingerprint density at radius 3 is 2.05 bits per heavy atom. The van der Waals surface area contributed by atoms with Gasteiger partial charge < -0.3 is 10.1 Å². The summed E-state index contributed by atoms with van der Waals surface area (Å²) in [6, 6.07) is 8.77. The van der Waals surface area contributed by atoms with Gasteiger partial charge in [0.15, 0.2) is 0 Å². The van der Waals surface area contributed by atoms with Crippen LogP contribution in [-0.2, 0) is 0 Å². The zero-order valence-electron chi connectivity index (χ0n) is 14.2. The van der Waals surface area contributed by atoms with Crippen LogP contribution in [0.2, 0.25) is 0 Å². The first-order chi connectivity index (χ1) is 10.3. The lowest BCUT2D eigenvalue weighted by Crippen LogP contribution is -2.19. The van der Waals surface area contributed by atoms with Gasteiger partial charge in [0.2, 0.25) is 0 Å². The Morgan fingerprint density at radius 2 is 1.48 bits per heavy atom. The number of methoxy groups -OCH3 is 1. The maximum absolute atomic E-state index is 5.19. The van der Waals surface area contributed by atoms with Crippen molar-refractivity contribution in [3.63, 3.8) is 0 Å². The maximum Gasteiger partial charge on any atom is 0.118 e. The second-order valence-corrected chi connectivity index (χ2v) is 5.92. The average molecular weight is 291 g/mol. The fourth-order valence-corrected chi connectivity index (χ4v) is 2.59. The molecule has 0 saturated heterocycles. The quantitative estimate of drug-likeness (QED) is 0.514. The van der Waals surface area contributed by atoms with E-state index in [4.69, 9.17) is 4.74 Å². The SMILES string of the molecule is CCCCCCCCCCN[C@H](C)c1ccc(OC)cc1. The Balaban J connectivity index is 2.03. The molecule has 1 rings (SSSR count). The van der Waals surface area contributed by atoms with Crippen LogP contribution in [0.15, 0.2) is 24.3 Å². The summed E-state index contributed by atoms with van der Waals surface area (Å²) < 4.78 is 5.19. The molecule has 1 aromatic carbocycles. The molecule has 0 aliphatic carbocycles. The second kappa shape index (κ2) is 11.6. The van der Waals surface area contributed by atoms with Crippen LogP contribution in [0.5, 0.6) is 5.75 Å². The number of benzene rings is 1. The van der Waals surface area contributed by atoms with E-state index in [0.29, 0.717) is 6.04 Å². The van der Waals surface area contributed by atoms with E-state index in [9.17, 15) is 0 Å². The van der Waals surface area contributed by atoms with Gasteiger partial charge in [-0.2, -0.15) is 0 Å². The van der Waals surface area contributed by atoms with E-state index in [1.807, 2.05) is 12.1 Å². The van der Waals surface area contributed by atoms with Crippen molar-refractivity contribution >= 4 is 0 Å². The molecule has 0 aromatic heterocycles. The van der Waals surface area contributed by atoms with Crippen molar-refractivity contribution in [2.24, 2.45) is 0 Å². The Labute approximate surface area is 131 Å². The molecule has 0 radical (unpaired) electrons. The summed E-state index contributed by atoms with van der Waals surface area (Å²) in [4.78, 5) is 0. The Morgan fingerprint density at radius 1 is 0.905 bits per heavy atom. The Bertz CT molecular complexity index is 347. The van der Waals surface area contributed by atoms with Gasteiger partial charge >= 0.3 is 0 Å². The topological polar surface area (TPSA) is 21.3 Å². The minimum atomic E-state index is 0.417. The lowest BCUT2D eigenvalue weighted by atomic mass is 10.1. The van der Waals surface area contributed by atoms with E-state index >= 15 is 0 Å². The highest BCUT2D eigenvalue weighted by Crippen LogP contribution is 2.17. The maximum atomic E-state index is 5.19. The van der Waals surface area contributed by atoms with Crippen LogP contribution in [0.1, 0.15) is 76.8 Å². The highest BCUT2D eigenvalue weighted by Gasteiger charge is 2.04. The van der Waals surface area contributed by atoms with Crippen LogP contribution < -0.4 is 10.1 Å². The molecule has 1 N–H and O–H groups in total. The van der Waals surface area contributed by atoms with Crippen molar-refractivity contribution in [2.75, 3.05) is 13.7 Å². The number of ether oxygens (including phenoxy) is 1. The predicted octanol–water partition coefficient (Wildman–Crippen LogP) is 5.49. The van der Waals surface area contributed by atoms with E-state index in [-0.39, 0.29) is 0 Å². The van der Waals surface area contributed by atoms with Crippen molar-refractivity contribution in [2.45, 2.75) is 71.3 Å². The molecule has 1 aromatic rings. The normalized spacial score (nSPS) is 12.3. The average Bonchev–Trinajstić information content (AvgIpc) is 2.53. The highest BCUT2D eigenvalue weighted by molar-refractivity contribution is 5.28. The molecule has 0 unspecified atom stereocenters. The van der Waals surface area contributed by atoms with Gasteiger partial charge in [0.1, 0.15) is 5.75 Å². The van der Waals surface area contributed by atoms with Gasteiger partial charge in [-0.3, -0.25) is 0 Å². The second-order valence-electron chi connectivity index (χ2n) is 5.92. The molecule has 0 fully saturated rings. The first kappa shape index (κ1) is 18.0. The standard InChI is InChI=1S/C19H33NO/c1-4-5-6-7-8-9-10-11-16-20-17(2)18-12-14-19(21-3)15-13-18/h12-15,17,20H,4-11,16H2,1-3H3/t17-/m1/s1. The molecule has 120 valence electrons. The summed E-state index contributed by atoms with van der Waals surface area (Å²) in [5.74, 6) is 0.925. The summed E-state index contributed by atoms with van der Waals surface area (Å²) in [6.07, 6.45) is 11.0. The number of rotatable bonds is 12. The zero-order valence-corrected chi connectivity index (χ0v) is 14.2.